The van der Waals surface area contributed by atoms with Gasteiger partial charge in [-0.05, 0) is 18.1 Å². The summed E-state index contributed by atoms with van der Waals surface area (Å²) in [6.07, 6.45) is 0.740. The summed E-state index contributed by atoms with van der Waals surface area (Å²) in [6.45, 7) is 1.93. The highest BCUT2D eigenvalue weighted by Crippen LogP contribution is 2.18. The molecule has 0 heterocycles. The van der Waals surface area contributed by atoms with Gasteiger partial charge in [-0.1, -0.05) is 25.1 Å². The molecule has 3 N–H and O–H groups in total. The second-order valence-corrected chi connectivity index (χ2v) is 2.91. The van der Waals surface area contributed by atoms with Gasteiger partial charge in [-0.3, -0.25) is 0 Å². The Labute approximate surface area is 89.3 Å². The minimum Gasteiger partial charge on any atom is -0.478 e. The first kappa shape index (κ1) is 12.9. The maximum atomic E-state index is 10.8. The van der Waals surface area contributed by atoms with Gasteiger partial charge in [0.1, 0.15) is 0 Å². The Kier molecular flexibility index (Phi) is 5.20. The molecule has 0 amide bonds. The monoisotopic (exact) mass is 215 g/mol. The number of nitrogens with two attached hydrogens (primary N) is 1. The number of hydrogen-bond donors (Lipinski definition) is 2. The first-order valence-corrected chi connectivity index (χ1v) is 4.24. The van der Waals surface area contributed by atoms with Crippen LogP contribution >= 0.6 is 12.4 Å². The lowest BCUT2D eigenvalue weighted by Crippen LogP contribution is -2.13. The number of aromatic carboxylic acids is 1. The molecule has 0 aliphatic rings. The molecule has 78 valence electrons. The van der Waals surface area contributed by atoms with Gasteiger partial charge >= 0.3 is 5.97 Å². The van der Waals surface area contributed by atoms with Crippen LogP contribution in [0, 0.1) is 0 Å². The Hall–Kier alpha value is -1.06. The third-order valence-corrected chi connectivity index (χ3v) is 2.03. The molecule has 0 saturated carbocycles. The van der Waals surface area contributed by atoms with E-state index in [0.717, 1.165) is 6.42 Å². The summed E-state index contributed by atoms with van der Waals surface area (Å²) in [5, 5.41) is 8.85. The molecule has 1 aromatic carbocycles. The average Bonchev–Trinajstić information content (AvgIpc) is 2.16. The predicted octanol–water partition coefficient (Wildman–Crippen LogP) is 2.22. The molecule has 3 nitrogen and oxygen atoms in total. The van der Waals surface area contributed by atoms with E-state index in [2.05, 4.69) is 0 Å². The van der Waals surface area contributed by atoms with Gasteiger partial charge in [0.05, 0.1) is 5.56 Å². The van der Waals surface area contributed by atoms with Crippen molar-refractivity contribution < 1.29 is 9.90 Å². The first-order chi connectivity index (χ1) is 6.16. The largest absolute Gasteiger partial charge is 0.478 e. The lowest BCUT2D eigenvalue weighted by atomic mass is 9.99. The van der Waals surface area contributed by atoms with E-state index in [-0.39, 0.29) is 18.4 Å². The Morgan fingerprint density at radius 2 is 2.07 bits per heavy atom. The highest BCUT2D eigenvalue weighted by Gasteiger charge is 2.12. The van der Waals surface area contributed by atoms with Crippen molar-refractivity contribution in [3.05, 3.63) is 35.4 Å². The molecule has 0 unspecified atom stereocenters. The van der Waals surface area contributed by atoms with Crippen LogP contribution in [0.3, 0.4) is 0 Å². The van der Waals surface area contributed by atoms with Gasteiger partial charge < -0.3 is 10.8 Å². The fraction of sp³-hybridized carbons (Fsp3) is 0.300. The van der Waals surface area contributed by atoms with Gasteiger partial charge in [-0.2, -0.15) is 0 Å². The van der Waals surface area contributed by atoms with Gasteiger partial charge in [-0.15, -0.1) is 12.4 Å². The van der Waals surface area contributed by atoms with E-state index >= 15 is 0 Å². The molecule has 0 aliphatic carbocycles. The smallest absolute Gasteiger partial charge is 0.336 e. The molecule has 1 rings (SSSR count). The van der Waals surface area contributed by atoms with E-state index < -0.39 is 5.97 Å². The molecule has 0 fully saturated rings. The summed E-state index contributed by atoms with van der Waals surface area (Å²) in [5.74, 6) is -0.917. The maximum absolute atomic E-state index is 10.8. The van der Waals surface area contributed by atoms with Crippen molar-refractivity contribution in [2.24, 2.45) is 5.73 Å². The normalized spacial score (nSPS) is 11.6. The Bertz CT molecular complexity index is 315. The second kappa shape index (κ2) is 5.62. The van der Waals surface area contributed by atoms with E-state index in [1.165, 1.54) is 0 Å². The van der Waals surface area contributed by atoms with Gasteiger partial charge in [-0.25, -0.2) is 4.79 Å². The van der Waals surface area contributed by atoms with E-state index in [0.29, 0.717) is 11.1 Å². The van der Waals surface area contributed by atoms with Crippen LogP contribution in [0.4, 0.5) is 0 Å². The maximum Gasteiger partial charge on any atom is 0.336 e. The number of benzene rings is 1. The highest BCUT2D eigenvalue weighted by atomic mass is 35.5. The summed E-state index contributed by atoms with van der Waals surface area (Å²) in [6, 6.07) is 6.66. The topological polar surface area (TPSA) is 63.3 Å². The van der Waals surface area contributed by atoms with Crippen LogP contribution in [-0.4, -0.2) is 11.1 Å². The van der Waals surface area contributed by atoms with Crippen molar-refractivity contribution in [2.45, 2.75) is 19.4 Å². The molecular formula is C10H14ClNO2. The van der Waals surface area contributed by atoms with Crippen LogP contribution in [0.1, 0.15) is 35.3 Å². The molecule has 0 spiro atoms. The van der Waals surface area contributed by atoms with Crippen LogP contribution in [0.5, 0.6) is 0 Å². The minimum atomic E-state index is -0.917. The third kappa shape index (κ3) is 2.72. The highest BCUT2D eigenvalue weighted by molar-refractivity contribution is 5.89. The van der Waals surface area contributed by atoms with E-state index in [1.807, 2.05) is 6.92 Å². The van der Waals surface area contributed by atoms with Gasteiger partial charge in [0.2, 0.25) is 0 Å². The zero-order valence-corrected chi connectivity index (χ0v) is 8.75. The summed E-state index contributed by atoms with van der Waals surface area (Å²) in [5.41, 5.74) is 6.78. The van der Waals surface area contributed by atoms with Crippen molar-refractivity contribution in [1.82, 2.24) is 0 Å². The van der Waals surface area contributed by atoms with Crippen LogP contribution in [-0.2, 0) is 0 Å². The molecule has 14 heavy (non-hydrogen) atoms. The zero-order chi connectivity index (χ0) is 9.84. The fourth-order valence-corrected chi connectivity index (χ4v) is 1.24. The number of carboxylic acids is 1. The summed E-state index contributed by atoms with van der Waals surface area (Å²) >= 11 is 0. The Balaban J connectivity index is 0.00000169. The van der Waals surface area contributed by atoms with Crippen LogP contribution in [0.2, 0.25) is 0 Å². The zero-order valence-electron chi connectivity index (χ0n) is 7.93. The molecule has 0 aliphatic heterocycles. The number of hydrogen-bond acceptors (Lipinski definition) is 2. The van der Waals surface area contributed by atoms with Crippen molar-refractivity contribution in [2.75, 3.05) is 0 Å². The number of rotatable bonds is 3. The molecule has 0 radical (unpaired) electrons. The van der Waals surface area contributed by atoms with Crippen LogP contribution in [0.25, 0.3) is 0 Å². The van der Waals surface area contributed by atoms with E-state index in [9.17, 15) is 4.79 Å². The SMILES string of the molecule is CC[C@H](N)c1ccccc1C(=O)O.Cl. The van der Waals surface area contributed by atoms with Crippen LogP contribution < -0.4 is 5.73 Å². The molecule has 4 heteroatoms. The number of carbonyl (C=O) groups is 1. The third-order valence-electron chi connectivity index (χ3n) is 2.03. The summed E-state index contributed by atoms with van der Waals surface area (Å²) < 4.78 is 0. The van der Waals surface area contributed by atoms with E-state index in [1.54, 1.807) is 24.3 Å². The first-order valence-electron chi connectivity index (χ1n) is 4.24. The summed E-state index contributed by atoms with van der Waals surface area (Å²) in [4.78, 5) is 10.8. The molecule has 1 aromatic rings. The minimum absolute atomic E-state index is 0. The molecule has 0 saturated heterocycles. The lowest BCUT2D eigenvalue weighted by molar-refractivity contribution is 0.0695. The predicted molar refractivity (Wildman–Crippen MR) is 57.9 cm³/mol. The van der Waals surface area contributed by atoms with Gasteiger partial charge in [0.15, 0.2) is 0 Å². The quantitative estimate of drug-likeness (QED) is 0.813. The summed E-state index contributed by atoms with van der Waals surface area (Å²) in [7, 11) is 0. The number of carboxylic acid groups (broad SMARTS) is 1. The van der Waals surface area contributed by atoms with Crippen molar-refractivity contribution in [1.29, 1.82) is 0 Å². The molecule has 0 aromatic heterocycles. The molecular weight excluding hydrogens is 202 g/mol. The van der Waals surface area contributed by atoms with Crippen molar-refractivity contribution >= 4 is 18.4 Å². The molecule has 0 bridgehead atoms. The van der Waals surface area contributed by atoms with Crippen molar-refractivity contribution in [3.8, 4) is 0 Å². The number of halogens is 1. The lowest BCUT2D eigenvalue weighted by Gasteiger charge is -2.11. The van der Waals surface area contributed by atoms with E-state index in [4.69, 9.17) is 10.8 Å². The standard InChI is InChI=1S/C10H13NO2.ClH/c1-2-9(11)7-5-3-4-6-8(7)10(12)13;/h3-6,9H,2,11H2,1H3,(H,12,13);1H/t9-;/m0./s1. The molecule has 1 atom stereocenters. The Morgan fingerprint density at radius 1 is 1.50 bits per heavy atom. The van der Waals surface area contributed by atoms with Crippen molar-refractivity contribution in [3.63, 3.8) is 0 Å². The van der Waals surface area contributed by atoms with Gasteiger partial charge in [0, 0.05) is 6.04 Å². The Morgan fingerprint density at radius 3 is 2.57 bits per heavy atom. The second-order valence-electron chi connectivity index (χ2n) is 2.91. The average molecular weight is 216 g/mol. The fourth-order valence-electron chi connectivity index (χ4n) is 1.24. The van der Waals surface area contributed by atoms with Gasteiger partial charge in [0.25, 0.3) is 0 Å². The van der Waals surface area contributed by atoms with Crippen LogP contribution in [0.15, 0.2) is 24.3 Å².